The molecule has 0 unspecified atom stereocenters. The van der Waals surface area contributed by atoms with Crippen molar-refractivity contribution in [2.24, 2.45) is 0 Å². The molecule has 0 aliphatic rings. The van der Waals surface area contributed by atoms with Crippen LogP contribution in [0.15, 0.2) is 30.3 Å². The van der Waals surface area contributed by atoms with E-state index in [0.717, 1.165) is 11.4 Å². The third kappa shape index (κ3) is 2.63. The van der Waals surface area contributed by atoms with Crippen LogP contribution < -0.4 is 5.32 Å². The van der Waals surface area contributed by atoms with Crippen molar-refractivity contribution in [2.45, 2.75) is 6.42 Å². The van der Waals surface area contributed by atoms with E-state index in [9.17, 15) is 4.79 Å². The van der Waals surface area contributed by atoms with E-state index in [0.29, 0.717) is 6.54 Å². The summed E-state index contributed by atoms with van der Waals surface area (Å²) in [4.78, 5) is 19.3. The van der Waals surface area contributed by atoms with Gasteiger partial charge in [0.25, 0.3) is 0 Å². The quantitative estimate of drug-likeness (QED) is 0.847. The maximum atomic E-state index is 11.4. The maximum absolute atomic E-state index is 11.4. The van der Waals surface area contributed by atoms with E-state index in [-0.39, 0.29) is 6.03 Å². The fourth-order valence-electron chi connectivity index (χ4n) is 1.12. The smallest absolute Gasteiger partial charge is 0.326 e. The Morgan fingerprint density at radius 3 is 3.13 bits per heavy atom. The van der Waals surface area contributed by atoms with E-state index in [1.807, 2.05) is 5.38 Å². The van der Waals surface area contributed by atoms with Gasteiger partial charge in [-0.15, -0.1) is 11.3 Å². The molecule has 15 heavy (non-hydrogen) atoms. The minimum absolute atomic E-state index is 0.163. The first-order valence-electron chi connectivity index (χ1n) is 4.51. The van der Waals surface area contributed by atoms with Gasteiger partial charge in [0, 0.05) is 36.9 Å². The Morgan fingerprint density at radius 1 is 1.53 bits per heavy atom. The van der Waals surface area contributed by atoms with Gasteiger partial charge in [-0.1, -0.05) is 0 Å². The van der Waals surface area contributed by atoms with Crippen molar-refractivity contribution in [3.63, 3.8) is 0 Å². The van der Waals surface area contributed by atoms with Crippen LogP contribution in [-0.2, 0) is 6.42 Å². The zero-order valence-corrected chi connectivity index (χ0v) is 8.78. The second-order valence-corrected chi connectivity index (χ2v) is 3.86. The van der Waals surface area contributed by atoms with Crippen LogP contribution in [-0.4, -0.2) is 27.1 Å². The van der Waals surface area contributed by atoms with Crippen LogP contribution in [0.25, 0.3) is 0 Å². The molecule has 0 bridgehead atoms. The Bertz CT molecular complexity index is 409. The summed E-state index contributed by atoms with van der Waals surface area (Å²) < 4.78 is 1.40. The molecule has 0 radical (unpaired) electrons. The lowest BCUT2D eigenvalue weighted by molar-refractivity contribution is 0.242. The fourth-order valence-corrected chi connectivity index (χ4v) is 1.74. The fraction of sp³-hybridized carbons (Fsp3) is 0.222. The van der Waals surface area contributed by atoms with Crippen LogP contribution in [0.4, 0.5) is 4.79 Å². The number of carbonyl (C=O) groups is 1. The predicted octanol–water partition coefficient (Wildman–Crippen LogP) is 1.14. The first-order chi connectivity index (χ1) is 7.36. The molecular formula is C9H10N4OS. The van der Waals surface area contributed by atoms with Crippen LogP contribution in [0, 0.1) is 0 Å². The van der Waals surface area contributed by atoms with Crippen molar-refractivity contribution in [3.05, 3.63) is 35.3 Å². The highest BCUT2D eigenvalue weighted by Gasteiger charge is 2.02. The zero-order valence-electron chi connectivity index (χ0n) is 7.96. The number of carbonyl (C=O) groups excluding carboxylic acids is 1. The molecule has 5 nitrogen and oxygen atoms in total. The van der Waals surface area contributed by atoms with E-state index < -0.39 is 0 Å². The maximum Gasteiger partial charge on any atom is 0.326 e. The van der Waals surface area contributed by atoms with Gasteiger partial charge in [0.15, 0.2) is 0 Å². The van der Waals surface area contributed by atoms with Gasteiger partial charge in [0.1, 0.15) is 6.33 Å². The van der Waals surface area contributed by atoms with Crippen molar-refractivity contribution >= 4 is 17.4 Å². The number of imidazole rings is 1. The molecule has 0 aromatic carbocycles. The summed E-state index contributed by atoms with van der Waals surface area (Å²) in [5.74, 6) is 0. The number of nitrogens with zero attached hydrogens (tertiary/aromatic N) is 3. The summed E-state index contributed by atoms with van der Waals surface area (Å²) in [5.41, 5.74) is 0. The van der Waals surface area contributed by atoms with Gasteiger partial charge in [-0.3, -0.25) is 4.57 Å². The van der Waals surface area contributed by atoms with E-state index >= 15 is 0 Å². The Labute approximate surface area is 90.8 Å². The minimum Gasteiger partial charge on any atom is -0.337 e. The van der Waals surface area contributed by atoms with Gasteiger partial charge in [-0.05, 0) is 0 Å². The molecule has 0 fully saturated rings. The largest absolute Gasteiger partial charge is 0.337 e. The molecule has 2 rings (SSSR count). The lowest BCUT2D eigenvalue weighted by Crippen LogP contribution is -2.29. The molecule has 78 valence electrons. The average molecular weight is 222 g/mol. The highest BCUT2D eigenvalue weighted by atomic mass is 32.1. The zero-order chi connectivity index (χ0) is 10.5. The lowest BCUT2D eigenvalue weighted by Gasteiger charge is -2.02. The summed E-state index contributed by atoms with van der Waals surface area (Å²) in [5, 5.41) is 5.73. The molecule has 0 saturated carbocycles. The molecule has 0 atom stereocenters. The molecule has 0 aliphatic carbocycles. The third-order valence-corrected chi connectivity index (χ3v) is 2.68. The van der Waals surface area contributed by atoms with Crippen molar-refractivity contribution in [1.82, 2.24) is 19.9 Å². The van der Waals surface area contributed by atoms with Gasteiger partial charge in [0.05, 0.1) is 5.01 Å². The van der Waals surface area contributed by atoms with Crippen molar-refractivity contribution < 1.29 is 4.79 Å². The molecule has 2 aromatic heterocycles. The Morgan fingerprint density at radius 2 is 2.47 bits per heavy atom. The van der Waals surface area contributed by atoms with Crippen LogP contribution in [0.2, 0.25) is 0 Å². The number of aromatic nitrogens is 3. The molecule has 1 amide bonds. The van der Waals surface area contributed by atoms with E-state index in [4.69, 9.17) is 0 Å². The first-order valence-corrected chi connectivity index (χ1v) is 5.39. The van der Waals surface area contributed by atoms with Gasteiger partial charge < -0.3 is 5.32 Å². The normalized spacial score (nSPS) is 10.1. The van der Waals surface area contributed by atoms with Gasteiger partial charge in [0.2, 0.25) is 0 Å². The van der Waals surface area contributed by atoms with Crippen molar-refractivity contribution in [2.75, 3.05) is 6.54 Å². The summed E-state index contributed by atoms with van der Waals surface area (Å²) >= 11 is 1.59. The van der Waals surface area contributed by atoms with Gasteiger partial charge in [-0.25, -0.2) is 14.8 Å². The summed E-state index contributed by atoms with van der Waals surface area (Å²) in [7, 11) is 0. The first kappa shape index (κ1) is 9.85. The summed E-state index contributed by atoms with van der Waals surface area (Å²) in [6, 6.07) is -0.163. The summed E-state index contributed by atoms with van der Waals surface area (Å²) in [6.07, 6.45) is 7.17. The second-order valence-electron chi connectivity index (χ2n) is 2.88. The Kier molecular flexibility index (Phi) is 3.08. The molecule has 0 aliphatic heterocycles. The van der Waals surface area contributed by atoms with E-state index in [2.05, 4.69) is 15.3 Å². The Hall–Kier alpha value is -1.69. The number of hydrogen-bond acceptors (Lipinski definition) is 4. The molecule has 2 heterocycles. The number of nitrogens with one attached hydrogen (secondary N) is 1. The minimum atomic E-state index is -0.163. The van der Waals surface area contributed by atoms with E-state index in [1.165, 1.54) is 10.9 Å². The number of amides is 1. The summed E-state index contributed by atoms with van der Waals surface area (Å²) in [6.45, 7) is 0.588. The highest BCUT2D eigenvalue weighted by Crippen LogP contribution is 2.03. The van der Waals surface area contributed by atoms with Crippen molar-refractivity contribution in [3.8, 4) is 0 Å². The molecule has 2 aromatic rings. The molecular weight excluding hydrogens is 212 g/mol. The highest BCUT2D eigenvalue weighted by molar-refractivity contribution is 7.09. The monoisotopic (exact) mass is 222 g/mol. The van der Waals surface area contributed by atoms with Gasteiger partial charge >= 0.3 is 6.03 Å². The van der Waals surface area contributed by atoms with Crippen LogP contribution in [0.1, 0.15) is 5.01 Å². The molecule has 1 N–H and O–H groups in total. The number of rotatable bonds is 3. The second kappa shape index (κ2) is 4.70. The SMILES string of the molecule is O=C(NCCc1nccs1)n1ccnc1. The molecule has 6 heteroatoms. The molecule has 0 spiro atoms. The van der Waals surface area contributed by atoms with Gasteiger partial charge in [-0.2, -0.15) is 0 Å². The van der Waals surface area contributed by atoms with Crippen molar-refractivity contribution in [1.29, 1.82) is 0 Å². The van der Waals surface area contributed by atoms with E-state index in [1.54, 1.807) is 29.9 Å². The topological polar surface area (TPSA) is 59.8 Å². The van der Waals surface area contributed by atoms with Crippen LogP contribution >= 0.6 is 11.3 Å². The molecule has 0 saturated heterocycles. The predicted molar refractivity (Wildman–Crippen MR) is 56.8 cm³/mol. The Balaban J connectivity index is 1.77. The third-order valence-electron chi connectivity index (χ3n) is 1.84. The van der Waals surface area contributed by atoms with Crippen LogP contribution in [0.3, 0.4) is 0 Å². The lowest BCUT2D eigenvalue weighted by atomic mass is 10.4. The number of thiazole rings is 1. The number of hydrogen-bond donors (Lipinski definition) is 1. The standard InChI is InChI=1S/C9H10N4OS/c14-9(13-5-3-10-7-13)12-2-1-8-11-4-6-15-8/h3-7H,1-2H2,(H,12,14). The average Bonchev–Trinajstić information content (AvgIpc) is 2.90. The van der Waals surface area contributed by atoms with Crippen LogP contribution in [0.5, 0.6) is 0 Å².